The van der Waals surface area contributed by atoms with Crippen LogP contribution in [0.5, 0.6) is 0 Å². The van der Waals surface area contributed by atoms with E-state index in [4.69, 9.17) is 29.9 Å². The van der Waals surface area contributed by atoms with Gasteiger partial charge in [-0.3, -0.25) is 4.98 Å². The number of hydrogen-bond acceptors (Lipinski definition) is 4. The summed E-state index contributed by atoms with van der Waals surface area (Å²) in [5.74, 6) is 1.19. The third kappa shape index (κ3) is 3.79. The van der Waals surface area contributed by atoms with E-state index in [0.29, 0.717) is 22.9 Å². The molecule has 0 spiro atoms. The van der Waals surface area contributed by atoms with Gasteiger partial charge in [0.25, 0.3) is 0 Å². The summed E-state index contributed by atoms with van der Waals surface area (Å²) < 4.78 is 0. The summed E-state index contributed by atoms with van der Waals surface area (Å²) in [5.41, 5.74) is 8.64. The Kier molecular flexibility index (Phi) is 6.01. The number of fused-ring (bicyclic) bond motifs is 20. The van der Waals surface area contributed by atoms with Crippen LogP contribution < -0.4 is 9.97 Å². The standard InChI is InChI=1S/C34H18N6.CH4.Cu/c1-2-10-20-19(9-1)27-17-29-21-11-3-5-13-23(21)31(36-29)38-33-25-15-7-8-16-26(25)34(40-33)39-32-24-14-6-4-12-22(24)30(37-32)18-28(20)35-27;;/h1-18H;1H4;/q-2;;+1. The Morgan fingerprint density at radius 2 is 0.786 bits per heavy atom. The Morgan fingerprint density at radius 1 is 0.405 bits per heavy atom. The zero-order valence-electron chi connectivity index (χ0n) is 21.4. The molecule has 0 atom stereocenters. The van der Waals surface area contributed by atoms with E-state index in [1.165, 1.54) is 0 Å². The van der Waals surface area contributed by atoms with E-state index < -0.39 is 0 Å². The average molecular weight is 590 g/mol. The van der Waals surface area contributed by atoms with Gasteiger partial charge in [-0.2, -0.15) is 0 Å². The fourth-order valence-electron chi connectivity index (χ4n) is 5.79. The maximum atomic E-state index is 5.09. The van der Waals surface area contributed by atoms with Crippen molar-refractivity contribution in [3.05, 3.63) is 109 Å². The van der Waals surface area contributed by atoms with Gasteiger partial charge in [-0.05, 0) is 56.0 Å². The summed E-state index contributed by atoms with van der Waals surface area (Å²) in [7, 11) is 0. The SMILES string of the molecule is C.[Cu+].c1ccc2c(c1)-c1cc3[n-]c(nc4nc(nc5[n-]c(cc-2n1)c1ccccc51)-c1ccccc1-4)c1ccccc31. The summed E-state index contributed by atoms with van der Waals surface area (Å²) in [6.07, 6.45) is 0. The Labute approximate surface area is 252 Å². The molecule has 42 heavy (non-hydrogen) atoms. The van der Waals surface area contributed by atoms with Gasteiger partial charge >= 0.3 is 17.1 Å². The molecular weight excluding hydrogens is 568 g/mol. The smallest absolute Gasteiger partial charge is 0.435 e. The number of rotatable bonds is 0. The van der Waals surface area contributed by atoms with Crippen molar-refractivity contribution in [3.63, 3.8) is 0 Å². The van der Waals surface area contributed by atoms with E-state index in [2.05, 4.69) is 48.5 Å². The van der Waals surface area contributed by atoms with Crippen molar-refractivity contribution < 1.29 is 17.1 Å². The minimum atomic E-state index is 0. The first-order valence-corrected chi connectivity index (χ1v) is 13.1. The molecule has 0 saturated carbocycles. The van der Waals surface area contributed by atoms with Gasteiger partial charge in [0, 0.05) is 22.3 Å². The van der Waals surface area contributed by atoms with Crippen molar-refractivity contribution in [1.29, 1.82) is 0 Å². The number of hydrogen-bond donors (Lipinski definition) is 0. The molecule has 0 aliphatic carbocycles. The van der Waals surface area contributed by atoms with Crippen LogP contribution in [0.2, 0.25) is 0 Å². The van der Waals surface area contributed by atoms with Crippen molar-refractivity contribution in [2.45, 2.75) is 7.43 Å². The fraction of sp³-hybridized carbons (Fsp3) is 0.0286. The van der Waals surface area contributed by atoms with Crippen LogP contribution in [0.4, 0.5) is 0 Å². The summed E-state index contributed by atoms with van der Waals surface area (Å²) >= 11 is 0. The van der Waals surface area contributed by atoms with E-state index in [0.717, 1.165) is 66.2 Å². The topological polar surface area (TPSA) is 79.8 Å². The van der Waals surface area contributed by atoms with E-state index in [9.17, 15) is 0 Å². The third-order valence-electron chi connectivity index (χ3n) is 7.65. The summed E-state index contributed by atoms with van der Waals surface area (Å²) in [6.45, 7) is 0. The Balaban J connectivity index is 0.00000144. The predicted molar refractivity (Wildman–Crippen MR) is 165 cm³/mol. The van der Waals surface area contributed by atoms with Crippen molar-refractivity contribution in [2.24, 2.45) is 0 Å². The average Bonchev–Trinajstić information content (AvgIpc) is 3.73. The maximum Gasteiger partial charge on any atom is 1.00 e. The first-order valence-electron chi connectivity index (χ1n) is 13.1. The van der Waals surface area contributed by atoms with Gasteiger partial charge in [0.05, 0.1) is 23.0 Å². The molecule has 5 heterocycles. The first-order chi connectivity index (χ1) is 19.8. The Hall–Kier alpha value is -5.10. The molecule has 204 valence electrons. The van der Waals surface area contributed by atoms with Gasteiger partial charge in [0.1, 0.15) is 0 Å². The van der Waals surface area contributed by atoms with Gasteiger partial charge in [0.15, 0.2) is 0 Å². The minimum Gasteiger partial charge on any atom is -0.435 e. The monoisotopic (exact) mass is 589 g/mol. The molecule has 8 bridgehead atoms. The molecule has 0 fully saturated rings. The van der Waals surface area contributed by atoms with Crippen molar-refractivity contribution in [2.75, 3.05) is 0 Å². The van der Waals surface area contributed by atoms with Crippen molar-refractivity contribution in [3.8, 4) is 45.3 Å². The van der Waals surface area contributed by atoms with Gasteiger partial charge in [-0.25, -0.2) is 4.98 Å². The Morgan fingerprint density at radius 3 is 1.24 bits per heavy atom. The second kappa shape index (κ2) is 9.77. The largest absolute Gasteiger partial charge is 1.00 e. The zero-order chi connectivity index (χ0) is 26.2. The van der Waals surface area contributed by atoms with Crippen LogP contribution in [0.15, 0.2) is 109 Å². The van der Waals surface area contributed by atoms with E-state index in [1.807, 2.05) is 60.7 Å². The second-order valence-electron chi connectivity index (χ2n) is 9.98. The fourth-order valence-corrected chi connectivity index (χ4v) is 5.79. The number of nitrogens with zero attached hydrogens (tertiary/aromatic N) is 6. The van der Waals surface area contributed by atoms with Gasteiger partial charge in [-0.1, -0.05) is 104 Å². The molecule has 0 saturated heterocycles. The molecule has 0 unspecified atom stereocenters. The van der Waals surface area contributed by atoms with Crippen LogP contribution in [0.1, 0.15) is 7.43 Å². The molecule has 7 aromatic rings. The molecule has 7 heteroatoms. The maximum absolute atomic E-state index is 5.09. The minimum absolute atomic E-state index is 0. The zero-order valence-corrected chi connectivity index (χ0v) is 22.3. The van der Waals surface area contributed by atoms with Crippen LogP contribution in [0.25, 0.3) is 89.2 Å². The molecular formula is C35H22CuN6-. The molecule has 0 radical (unpaired) electrons. The van der Waals surface area contributed by atoms with Gasteiger partial charge < -0.3 is 19.9 Å². The molecule has 0 amide bonds. The predicted octanol–water partition coefficient (Wildman–Crippen LogP) is 7.97. The van der Waals surface area contributed by atoms with Crippen LogP contribution in [0.3, 0.4) is 0 Å². The van der Waals surface area contributed by atoms with E-state index >= 15 is 0 Å². The Bertz CT molecular complexity index is 2030. The molecule has 3 aromatic heterocycles. The van der Waals surface area contributed by atoms with Crippen LogP contribution in [-0.2, 0) is 17.1 Å². The van der Waals surface area contributed by atoms with Gasteiger partial charge in [0.2, 0.25) is 0 Å². The van der Waals surface area contributed by atoms with E-state index in [-0.39, 0.29) is 24.5 Å². The van der Waals surface area contributed by atoms with Gasteiger partial charge in [-0.15, -0.1) is 0 Å². The molecule has 4 aromatic carbocycles. The summed E-state index contributed by atoms with van der Waals surface area (Å²) in [5, 5.41) is 3.99. The molecule has 0 N–H and O–H groups in total. The number of aromatic nitrogens is 6. The van der Waals surface area contributed by atoms with Crippen LogP contribution in [0, 0.1) is 0 Å². The van der Waals surface area contributed by atoms with Crippen LogP contribution in [-0.4, -0.2) is 19.9 Å². The number of benzene rings is 4. The van der Waals surface area contributed by atoms with Crippen molar-refractivity contribution in [1.82, 2.24) is 29.9 Å². The third-order valence-corrected chi connectivity index (χ3v) is 7.65. The van der Waals surface area contributed by atoms with Crippen LogP contribution >= 0.6 is 0 Å². The quantitative estimate of drug-likeness (QED) is 0.167. The van der Waals surface area contributed by atoms with E-state index in [1.54, 1.807) is 0 Å². The summed E-state index contributed by atoms with van der Waals surface area (Å²) in [6, 6.07) is 36.8. The normalized spacial score (nSPS) is 11.4. The second-order valence-corrected chi connectivity index (χ2v) is 9.98. The van der Waals surface area contributed by atoms with Crippen molar-refractivity contribution >= 4 is 43.9 Å². The molecule has 6 nitrogen and oxygen atoms in total. The molecule has 2 aliphatic heterocycles. The first kappa shape index (κ1) is 25.8. The summed E-state index contributed by atoms with van der Waals surface area (Å²) in [4.78, 5) is 30.0. The molecule has 2 aliphatic rings. The molecule has 9 rings (SSSR count).